The molecule has 2 aromatic rings. The van der Waals surface area contributed by atoms with Gasteiger partial charge in [0.2, 0.25) is 0 Å². The first-order valence-corrected chi connectivity index (χ1v) is 9.44. The normalized spacial score (nSPS) is 20.4. The summed E-state index contributed by atoms with van der Waals surface area (Å²) in [4.78, 5) is 31.4. The Bertz CT molecular complexity index is 827. The summed E-state index contributed by atoms with van der Waals surface area (Å²) in [7, 11) is 0. The van der Waals surface area contributed by atoms with Crippen molar-refractivity contribution >= 4 is 29.3 Å². The van der Waals surface area contributed by atoms with Gasteiger partial charge >= 0.3 is 6.09 Å². The number of aromatic nitrogens is 4. The Morgan fingerprint density at radius 1 is 1.04 bits per heavy atom. The van der Waals surface area contributed by atoms with E-state index < -0.39 is 17.7 Å². The Balaban J connectivity index is 1.93. The van der Waals surface area contributed by atoms with Crippen LogP contribution in [-0.2, 0) is 4.74 Å². The van der Waals surface area contributed by atoms with Crippen LogP contribution in [0.4, 0.5) is 4.79 Å². The van der Waals surface area contributed by atoms with Crippen molar-refractivity contribution in [1.29, 1.82) is 0 Å². The number of amides is 1. The first kappa shape index (κ1) is 19.8. The molecule has 1 fully saturated rings. The minimum absolute atomic E-state index is 0.0213. The van der Waals surface area contributed by atoms with E-state index in [1.807, 2.05) is 20.8 Å². The van der Waals surface area contributed by atoms with Crippen LogP contribution in [0.15, 0.2) is 24.8 Å². The molecule has 1 saturated heterocycles. The van der Waals surface area contributed by atoms with Crippen molar-refractivity contribution in [2.75, 3.05) is 6.54 Å². The summed E-state index contributed by atoms with van der Waals surface area (Å²) in [6, 6.07) is -0.391. The van der Waals surface area contributed by atoms with Crippen LogP contribution in [0.5, 0.6) is 0 Å². The lowest BCUT2D eigenvalue weighted by atomic mass is 9.87. The molecule has 0 N–H and O–H groups in total. The number of hydrogen-bond acceptors (Lipinski definition) is 6. The smallest absolute Gasteiger partial charge is 0.410 e. The number of carbonyl (C=O) groups excluding carboxylic acids is 1. The van der Waals surface area contributed by atoms with Gasteiger partial charge in [0.05, 0.1) is 11.7 Å². The average molecular weight is 410 g/mol. The fraction of sp³-hybridized carbons (Fsp3) is 0.500. The molecule has 144 valence electrons. The van der Waals surface area contributed by atoms with Crippen LogP contribution >= 0.6 is 23.2 Å². The Hall–Kier alpha value is -1.99. The van der Waals surface area contributed by atoms with E-state index in [-0.39, 0.29) is 11.1 Å². The van der Waals surface area contributed by atoms with E-state index in [0.29, 0.717) is 35.9 Å². The number of rotatable bonds is 2. The highest BCUT2D eigenvalue weighted by Crippen LogP contribution is 2.41. The van der Waals surface area contributed by atoms with Crippen LogP contribution in [0.2, 0.25) is 10.3 Å². The first-order chi connectivity index (χ1) is 12.8. The third kappa shape index (κ3) is 4.65. The molecule has 27 heavy (non-hydrogen) atoms. The topological polar surface area (TPSA) is 81.1 Å². The molecule has 0 saturated carbocycles. The summed E-state index contributed by atoms with van der Waals surface area (Å²) >= 11 is 12.5. The molecular weight excluding hydrogens is 389 g/mol. The van der Waals surface area contributed by atoms with Gasteiger partial charge in [-0.25, -0.2) is 14.8 Å². The SMILES string of the molecule is CC(C)(C)OC(=O)N1CCC(c2nccnc2Cl)CC1c1nccnc1Cl. The fourth-order valence-electron chi connectivity index (χ4n) is 3.17. The quantitative estimate of drug-likeness (QED) is 0.729. The fourth-order valence-corrected chi connectivity index (χ4v) is 3.66. The molecule has 1 aliphatic rings. The van der Waals surface area contributed by atoms with Gasteiger partial charge in [0, 0.05) is 37.3 Å². The summed E-state index contributed by atoms with van der Waals surface area (Å²) in [5, 5.41) is 0.638. The third-order valence-corrected chi connectivity index (χ3v) is 4.87. The maximum absolute atomic E-state index is 12.8. The van der Waals surface area contributed by atoms with E-state index in [4.69, 9.17) is 27.9 Å². The number of carbonyl (C=O) groups is 1. The zero-order chi connectivity index (χ0) is 19.6. The van der Waals surface area contributed by atoms with Crippen molar-refractivity contribution in [3.63, 3.8) is 0 Å². The van der Waals surface area contributed by atoms with Crippen LogP contribution in [0.3, 0.4) is 0 Å². The zero-order valence-electron chi connectivity index (χ0n) is 15.4. The van der Waals surface area contributed by atoms with E-state index in [1.165, 1.54) is 6.20 Å². The predicted octanol–water partition coefficient (Wildman–Crippen LogP) is 4.43. The molecule has 0 aliphatic carbocycles. The van der Waals surface area contributed by atoms with Gasteiger partial charge in [0.25, 0.3) is 0 Å². The Kier molecular flexibility index (Phi) is 5.81. The highest BCUT2D eigenvalue weighted by molar-refractivity contribution is 6.30. The van der Waals surface area contributed by atoms with Gasteiger partial charge in [-0.3, -0.25) is 14.9 Å². The number of ether oxygens (including phenoxy) is 1. The molecule has 0 radical (unpaired) electrons. The molecule has 7 nitrogen and oxygen atoms in total. The highest BCUT2D eigenvalue weighted by Gasteiger charge is 2.38. The number of hydrogen-bond donors (Lipinski definition) is 0. The number of halogens is 2. The van der Waals surface area contributed by atoms with Crippen LogP contribution in [0, 0.1) is 0 Å². The van der Waals surface area contributed by atoms with Crippen LogP contribution in [0.25, 0.3) is 0 Å². The largest absolute Gasteiger partial charge is 0.444 e. The van der Waals surface area contributed by atoms with Gasteiger partial charge in [-0.15, -0.1) is 0 Å². The predicted molar refractivity (Wildman–Crippen MR) is 102 cm³/mol. The number of likely N-dealkylation sites (tertiary alicyclic amines) is 1. The monoisotopic (exact) mass is 409 g/mol. The lowest BCUT2D eigenvalue weighted by Crippen LogP contribution is -2.44. The van der Waals surface area contributed by atoms with Gasteiger partial charge in [-0.05, 0) is 33.6 Å². The van der Waals surface area contributed by atoms with Crippen molar-refractivity contribution in [1.82, 2.24) is 24.8 Å². The maximum atomic E-state index is 12.8. The minimum atomic E-state index is -0.598. The van der Waals surface area contributed by atoms with Crippen molar-refractivity contribution in [3.8, 4) is 0 Å². The Morgan fingerprint density at radius 2 is 1.59 bits per heavy atom. The van der Waals surface area contributed by atoms with Gasteiger partial charge in [-0.1, -0.05) is 23.2 Å². The molecule has 0 spiro atoms. The molecular formula is C18H21Cl2N5O2. The van der Waals surface area contributed by atoms with Crippen molar-refractivity contribution in [3.05, 3.63) is 46.5 Å². The second-order valence-corrected chi connectivity index (χ2v) is 8.09. The van der Waals surface area contributed by atoms with E-state index in [0.717, 1.165) is 0 Å². The van der Waals surface area contributed by atoms with Crippen molar-refractivity contribution in [2.45, 2.75) is 51.2 Å². The zero-order valence-corrected chi connectivity index (χ0v) is 16.9. The highest BCUT2D eigenvalue weighted by atomic mass is 35.5. The van der Waals surface area contributed by atoms with E-state index >= 15 is 0 Å². The average Bonchev–Trinajstić information content (AvgIpc) is 2.60. The van der Waals surface area contributed by atoms with Crippen LogP contribution in [-0.4, -0.2) is 43.1 Å². The summed E-state index contributed by atoms with van der Waals surface area (Å²) < 4.78 is 5.58. The minimum Gasteiger partial charge on any atom is -0.444 e. The standard InChI is InChI=1S/C18H21Cl2N5O2/c1-18(2,3)27-17(26)25-9-4-11(13-15(19)23-7-5-21-13)10-12(25)14-16(20)24-8-6-22-14/h5-8,11-12H,4,9-10H2,1-3H3. The molecule has 3 heterocycles. The third-order valence-electron chi connectivity index (χ3n) is 4.29. The van der Waals surface area contributed by atoms with E-state index in [9.17, 15) is 4.79 Å². The van der Waals surface area contributed by atoms with Gasteiger partial charge in [0.15, 0.2) is 10.3 Å². The lowest BCUT2D eigenvalue weighted by molar-refractivity contribution is 0.00694. The van der Waals surface area contributed by atoms with Gasteiger partial charge < -0.3 is 4.74 Å². The summed E-state index contributed by atoms with van der Waals surface area (Å²) in [5.41, 5.74) is 0.654. The molecule has 1 amide bonds. The van der Waals surface area contributed by atoms with Gasteiger partial charge in [0.1, 0.15) is 11.3 Å². The van der Waals surface area contributed by atoms with E-state index in [1.54, 1.807) is 23.5 Å². The van der Waals surface area contributed by atoms with Gasteiger partial charge in [-0.2, -0.15) is 0 Å². The molecule has 9 heteroatoms. The second-order valence-electron chi connectivity index (χ2n) is 7.38. The van der Waals surface area contributed by atoms with Crippen molar-refractivity contribution in [2.24, 2.45) is 0 Å². The Morgan fingerprint density at radius 3 is 2.15 bits per heavy atom. The van der Waals surface area contributed by atoms with Crippen LogP contribution in [0.1, 0.15) is 57.0 Å². The van der Waals surface area contributed by atoms with Crippen molar-refractivity contribution < 1.29 is 9.53 Å². The summed E-state index contributed by atoms with van der Waals surface area (Å²) in [6.07, 6.45) is 7.08. The molecule has 2 aromatic heterocycles. The summed E-state index contributed by atoms with van der Waals surface area (Å²) in [6.45, 7) is 5.97. The molecule has 3 rings (SSSR count). The number of nitrogens with zero attached hydrogens (tertiary/aromatic N) is 5. The molecule has 1 aliphatic heterocycles. The Labute approximate surface area is 168 Å². The van der Waals surface area contributed by atoms with E-state index in [2.05, 4.69) is 19.9 Å². The molecule has 2 unspecified atom stereocenters. The molecule has 0 bridgehead atoms. The first-order valence-electron chi connectivity index (χ1n) is 8.68. The summed E-state index contributed by atoms with van der Waals surface area (Å²) in [5.74, 6) is 0.0213. The maximum Gasteiger partial charge on any atom is 0.410 e. The van der Waals surface area contributed by atoms with Crippen LogP contribution < -0.4 is 0 Å². The number of piperidine rings is 1. The molecule has 0 aromatic carbocycles. The second kappa shape index (κ2) is 7.94. The lowest BCUT2D eigenvalue weighted by Gasteiger charge is -2.39. The molecule has 2 atom stereocenters.